The summed E-state index contributed by atoms with van der Waals surface area (Å²) in [6.07, 6.45) is 6.10. The molecule has 0 radical (unpaired) electrons. The van der Waals surface area contributed by atoms with Crippen molar-refractivity contribution < 1.29 is 9.90 Å². The van der Waals surface area contributed by atoms with Crippen LogP contribution in [0.4, 0.5) is 0 Å². The molecule has 1 aliphatic heterocycles. The minimum absolute atomic E-state index is 0.104. The van der Waals surface area contributed by atoms with Crippen molar-refractivity contribution in [2.75, 3.05) is 13.1 Å². The Bertz CT molecular complexity index is 781. The smallest absolute Gasteiger partial charge is 0.255 e. The number of halogens is 1. The number of amides is 1. The molecule has 1 aromatic heterocycles. The molecule has 8 heteroatoms. The number of benzene rings is 1. The van der Waals surface area contributed by atoms with Crippen molar-refractivity contribution in [3.8, 4) is 5.69 Å². The van der Waals surface area contributed by atoms with Crippen LogP contribution in [0.5, 0.6) is 0 Å². The van der Waals surface area contributed by atoms with Crippen LogP contribution in [0.1, 0.15) is 42.5 Å². The lowest BCUT2D eigenvalue weighted by atomic mass is 9.71. The molecular formula is C17H20ClN5O2. The third kappa shape index (κ3) is 3.02. The number of aromatic nitrogens is 4. The van der Waals surface area contributed by atoms with Crippen LogP contribution in [0.3, 0.4) is 0 Å². The summed E-state index contributed by atoms with van der Waals surface area (Å²) in [6, 6.07) is 5.17. The monoisotopic (exact) mass is 361 g/mol. The van der Waals surface area contributed by atoms with Gasteiger partial charge >= 0.3 is 0 Å². The van der Waals surface area contributed by atoms with Gasteiger partial charge in [0.25, 0.3) is 5.91 Å². The predicted octanol–water partition coefficient (Wildman–Crippen LogP) is 2.08. The summed E-state index contributed by atoms with van der Waals surface area (Å²) in [6.45, 7) is 1.14. The average Bonchev–Trinajstić information content (AvgIpc) is 3.15. The van der Waals surface area contributed by atoms with Gasteiger partial charge in [-0.15, -0.1) is 5.10 Å². The third-order valence-corrected chi connectivity index (χ3v) is 5.84. The molecule has 1 N–H and O–H groups in total. The Morgan fingerprint density at radius 2 is 2.20 bits per heavy atom. The molecule has 2 heterocycles. The summed E-state index contributed by atoms with van der Waals surface area (Å²) in [7, 11) is 0. The zero-order valence-corrected chi connectivity index (χ0v) is 14.6. The topological polar surface area (TPSA) is 84.1 Å². The van der Waals surface area contributed by atoms with Crippen molar-refractivity contribution >= 4 is 17.5 Å². The van der Waals surface area contributed by atoms with E-state index in [9.17, 15) is 9.90 Å². The van der Waals surface area contributed by atoms with E-state index in [1.807, 2.05) is 4.90 Å². The summed E-state index contributed by atoms with van der Waals surface area (Å²) in [5.74, 6) is 0.0490. The lowest BCUT2D eigenvalue weighted by Gasteiger charge is -2.47. The average molecular weight is 362 g/mol. The number of hydrogen-bond acceptors (Lipinski definition) is 5. The molecule has 1 saturated carbocycles. The van der Waals surface area contributed by atoms with Gasteiger partial charge in [-0.25, -0.2) is 4.68 Å². The molecular weight excluding hydrogens is 342 g/mol. The van der Waals surface area contributed by atoms with E-state index in [1.54, 1.807) is 18.2 Å². The van der Waals surface area contributed by atoms with E-state index in [0.29, 0.717) is 35.8 Å². The maximum Gasteiger partial charge on any atom is 0.255 e. The molecule has 1 aromatic carbocycles. The van der Waals surface area contributed by atoms with E-state index in [4.69, 9.17) is 11.6 Å². The van der Waals surface area contributed by atoms with Gasteiger partial charge in [-0.05, 0) is 47.9 Å². The van der Waals surface area contributed by atoms with Gasteiger partial charge in [-0.2, -0.15) is 0 Å². The number of aliphatic hydroxyl groups is 1. The van der Waals surface area contributed by atoms with Crippen molar-refractivity contribution in [3.05, 3.63) is 35.1 Å². The van der Waals surface area contributed by atoms with Crippen molar-refractivity contribution in [3.63, 3.8) is 0 Å². The molecule has 25 heavy (non-hydrogen) atoms. The Balaban J connectivity index is 1.58. The molecule has 2 aliphatic rings. The van der Waals surface area contributed by atoms with Crippen LogP contribution in [-0.4, -0.2) is 54.8 Å². The maximum atomic E-state index is 13.0. The summed E-state index contributed by atoms with van der Waals surface area (Å²) < 4.78 is 1.49. The number of fused-ring (bicyclic) bond motifs is 1. The highest BCUT2D eigenvalue weighted by molar-refractivity contribution is 6.33. The lowest BCUT2D eigenvalue weighted by Crippen LogP contribution is -2.54. The lowest BCUT2D eigenvalue weighted by molar-refractivity contribution is -0.0886. The van der Waals surface area contributed by atoms with E-state index in [0.717, 1.165) is 25.7 Å². The Hall–Kier alpha value is -1.99. The zero-order chi connectivity index (χ0) is 17.4. The standard InChI is InChI=1S/C17H20ClN5O2/c18-15-5-4-13(23-11-19-20-21-23)9-14(15)16(24)22-8-7-17(25)6-2-1-3-12(17)10-22/h4-5,9,11-12,25H,1-3,6-8,10H2/t12-,17+/m1/s1. The molecule has 1 saturated heterocycles. The van der Waals surface area contributed by atoms with Crippen LogP contribution in [0, 0.1) is 5.92 Å². The van der Waals surface area contributed by atoms with Gasteiger partial charge in [0.15, 0.2) is 0 Å². The number of likely N-dealkylation sites (tertiary alicyclic amines) is 1. The normalized spacial score (nSPS) is 26.3. The molecule has 4 rings (SSSR count). The van der Waals surface area contributed by atoms with Crippen molar-refractivity contribution in [1.82, 2.24) is 25.1 Å². The Morgan fingerprint density at radius 1 is 1.32 bits per heavy atom. The van der Waals surface area contributed by atoms with E-state index >= 15 is 0 Å². The second kappa shape index (κ2) is 6.38. The molecule has 132 valence electrons. The number of hydrogen-bond donors (Lipinski definition) is 1. The van der Waals surface area contributed by atoms with Gasteiger partial charge in [0.1, 0.15) is 6.33 Å². The van der Waals surface area contributed by atoms with Gasteiger partial charge < -0.3 is 10.0 Å². The van der Waals surface area contributed by atoms with Crippen LogP contribution in [-0.2, 0) is 0 Å². The molecule has 0 spiro atoms. The van der Waals surface area contributed by atoms with Crippen LogP contribution in [0.15, 0.2) is 24.5 Å². The predicted molar refractivity (Wildman–Crippen MR) is 91.6 cm³/mol. The Kier molecular flexibility index (Phi) is 4.21. The van der Waals surface area contributed by atoms with E-state index in [2.05, 4.69) is 15.5 Å². The SMILES string of the molecule is O=C(c1cc(-n2cnnn2)ccc1Cl)N1CC[C@@]2(O)CCCC[C@@H]2C1. The fourth-order valence-corrected chi connectivity index (χ4v) is 4.22. The first-order valence-corrected chi connectivity index (χ1v) is 8.99. The minimum Gasteiger partial charge on any atom is -0.389 e. The number of carbonyl (C=O) groups is 1. The summed E-state index contributed by atoms with van der Waals surface area (Å²) in [5, 5.41) is 22.3. The number of nitrogens with zero attached hydrogens (tertiary/aromatic N) is 5. The van der Waals surface area contributed by atoms with Gasteiger partial charge in [0.2, 0.25) is 0 Å². The molecule has 1 aliphatic carbocycles. The van der Waals surface area contributed by atoms with Crippen molar-refractivity contribution in [2.45, 2.75) is 37.7 Å². The molecule has 0 unspecified atom stereocenters. The van der Waals surface area contributed by atoms with Crippen LogP contribution < -0.4 is 0 Å². The largest absolute Gasteiger partial charge is 0.389 e. The summed E-state index contributed by atoms with van der Waals surface area (Å²) in [5.41, 5.74) is 0.521. The first-order valence-electron chi connectivity index (χ1n) is 8.61. The number of tetrazole rings is 1. The molecule has 2 aromatic rings. The highest BCUT2D eigenvalue weighted by Crippen LogP contribution is 2.40. The second-order valence-corrected chi connectivity index (χ2v) is 7.37. The van der Waals surface area contributed by atoms with Gasteiger partial charge in [0, 0.05) is 19.0 Å². The van der Waals surface area contributed by atoms with Crippen LogP contribution in [0.2, 0.25) is 5.02 Å². The van der Waals surface area contributed by atoms with Crippen molar-refractivity contribution in [2.24, 2.45) is 5.92 Å². The first-order chi connectivity index (χ1) is 12.1. The number of rotatable bonds is 2. The van der Waals surface area contributed by atoms with E-state index in [-0.39, 0.29) is 11.8 Å². The second-order valence-electron chi connectivity index (χ2n) is 6.97. The quantitative estimate of drug-likeness (QED) is 0.885. The molecule has 2 fully saturated rings. The van der Waals surface area contributed by atoms with Crippen LogP contribution in [0.25, 0.3) is 5.69 Å². The fourth-order valence-electron chi connectivity index (χ4n) is 4.02. The van der Waals surface area contributed by atoms with Crippen LogP contribution >= 0.6 is 11.6 Å². The third-order valence-electron chi connectivity index (χ3n) is 5.51. The first kappa shape index (κ1) is 16.5. The van der Waals surface area contributed by atoms with Crippen molar-refractivity contribution in [1.29, 1.82) is 0 Å². The van der Waals surface area contributed by atoms with Gasteiger partial charge in [-0.1, -0.05) is 24.4 Å². The number of piperidine rings is 1. The molecule has 2 atom stereocenters. The van der Waals surface area contributed by atoms with E-state index in [1.165, 1.54) is 11.0 Å². The molecule has 1 amide bonds. The van der Waals surface area contributed by atoms with E-state index < -0.39 is 5.60 Å². The van der Waals surface area contributed by atoms with Gasteiger partial charge in [0.05, 0.1) is 21.9 Å². The Morgan fingerprint density at radius 3 is 3.00 bits per heavy atom. The molecule has 7 nitrogen and oxygen atoms in total. The van der Waals surface area contributed by atoms with Gasteiger partial charge in [-0.3, -0.25) is 4.79 Å². The maximum absolute atomic E-state index is 13.0. The number of carbonyl (C=O) groups excluding carboxylic acids is 1. The summed E-state index contributed by atoms with van der Waals surface area (Å²) >= 11 is 6.28. The summed E-state index contributed by atoms with van der Waals surface area (Å²) in [4.78, 5) is 14.8. The highest BCUT2D eigenvalue weighted by atomic mass is 35.5. The zero-order valence-electron chi connectivity index (χ0n) is 13.8. The fraction of sp³-hybridized carbons (Fsp3) is 0.529. The Labute approximate surface area is 150 Å². The highest BCUT2D eigenvalue weighted by Gasteiger charge is 2.43. The minimum atomic E-state index is -0.604. The molecule has 0 bridgehead atoms.